The Morgan fingerprint density at radius 3 is 2.70 bits per heavy atom. The molecule has 2 rings (SSSR count). The van der Waals surface area contributed by atoms with E-state index in [0.29, 0.717) is 6.54 Å². The highest BCUT2D eigenvalue weighted by Crippen LogP contribution is 2.32. The smallest absolute Gasteiger partial charge is 0.311 e. The molecule has 1 fully saturated rings. The third-order valence-corrected chi connectivity index (χ3v) is 3.86. The fourth-order valence-corrected chi connectivity index (χ4v) is 2.88. The number of halogens is 1. The van der Waals surface area contributed by atoms with Crippen molar-refractivity contribution in [2.24, 2.45) is 0 Å². The fourth-order valence-electron chi connectivity index (χ4n) is 2.73. The summed E-state index contributed by atoms with van der Waals surface area (Å²) in [5.74, 6) is 0.267. The second-order valence-corrected chi connectivity index (χ2v) is 5.33. The van der Waals surface area contributed by atoms with E-state index in [1.165, 1.54) is 18.6 Å². The van der Waals surface area contributed by atoms with Gasteiger partial charge in [-0.05, 0) is 18.9 Å². The molecule has 20 heavy (non-hydrogen) atoms. The van der Waals surface area contributed by atoms with Crippen molar-refractivity contribution in [3.05, 3.63) is 27.4 Å². The molecule has 0 radical (unpaired) electrons. The molecule has 1 aliphatic carbocycles. The Kier molecular flexibility index (Phi) is 5.14. The van der Waals surface area contributed by atoms with Gasteiger partial charge in [0.05, 0.1) is 11.5 Å². The zero-order valence-electron chi connectivity index (χ0n) is 11.2. The first-order valence-corrected chi connectivity index (χ1v) is 7.19. The summed E-state index contributed by atoms with van der Waals surface area (Å²) in [6, 6.07) is 2.97. The largest absolute Gasteiger partial charge is 0.395 e. The molecule has 1 heterocycles. The van der Waals surface area contributed by atoms with Crippen molar-refractivity contribution in [1.82, 2.24) is 4.98 Å². The lowest BCUT2D eigenvalue weighted by Crippen LogP contribution is -2.39. The van der Waals surface area contributed by atoms with Crippen molar-refractivity contribution in [1.29, 1.82) is 0 Å². The standard InChI is InChI=1S/C13H18ClN3O3/c14-12-7-6-11(17(19)20)13(15-12)16(8-9-18)10-4-2-1-3-5-10/h6-7,10,18H,1-5,8-9H2. The highest BCUT2D eigenvalue weighted by Gasteiger charge is 2.28. The van der Waals surface area contributed by atoms with Gasteiger partial charge in [0.15, 0.2) is 0 Å². The van der Waals surface area contributed by atoms with E-state index in [2.05, 4.69) is 4.98 Å². The maximum atomic E-state index is 11.2. The molecule has 1 N–H and O–H groups in total. The second kappa shape index (κ2) is 6.85. The molecule has 1 saturated carbocycles. The summed E-state index contributed by atoms with van der Waals surface area (Å²) in [6.45, 7) is 0.265. The van der Waals surface area contributed by atoms with Crippen LogP contribution in [0.15, 0.2) is 12.1 Å². The van der Waals surface area contributed by atoms with Crippen molar-refractivity contribution < 1.29 is 10.0 Å². The number of aliphatic hydroxyl groups excluding tert-OH is 1. The number of nitro groups is 1. The van der Waals surface area contributed by atoms with Crippen LogP contribution in [0.2, 0.25) is 5.15 Å². The molecule has 1 aromatic rings. The van der Waals surface area contributed by atoms with Gasteiger partial charge in [0.2, 0.25) is 5.82 Å². The van der Waals surface area contributed by atoms with Gasteiger partial charge < -0.3 is 10.0 Å². The second-order valence-electron chi connectivity index (χ2n) is 4.94. The number of aromatic nitrogens is 1. The first-order valence-electron chi connectivity index (χ1n) is 6.82. The van der Waals surface area contributed by atoms with Crippen LogP contribution in [-0.4, -0.2) is 34.2 Å². The predicted molar refractivity (Wildman–Crippen MR) is 77.2 cm³/mol. The molecule has 1 aromatic heterocycles. The number of hydrogen-bond acceptors (Lipinski definition) is 5. The van der Waals surface area contributed by atoms with Crippen LogP contribution in [-0.2, 0) is 0 Å². The minimum absolute atomic E-state index is 0.0616. The van der Waals surface area contributed by atoms with Crippen LogP contribution in [0.1, 0.15) is 32.1 Å². The average molecular weight is 300 g/mol. The number of aliphatic hydroxyl groups is 1. The van der Waals surface area contributed by atoms with E-state index in [4.69, 9.17) is 11.6 Å². The maximum Gasteiger partial charge on any atom is 0.311 e. The van der Waals surface area contributed by atoms with Gasteiger partial charge in [0, 0.05) is 18.7 Å². The zero-order chi connectivity index (χ0) is 14.5. The summed E-state index contributed by atoms with van der Waals surface area (Å²) >= 11 is 5.88. The monoisotopic (exact) mass is 299 g/mol. The van der Waals surface area contributed by atoms with E-state index in [1.807, 2.05) is 4.90 Å². The van der Waals surface area contributed by atoms with Gasteiger partial charge in [-0.25, -0.2) is 4.98 Å². The van der Waals surface area contributed by atoms with E-state index >= 15 is 0 Å². The number of hydrogen-bond donors (Lipinski definition) is 1. The molecular weight excluding hydrogens is 282 g/mol. The van der Waals surface area contributed by atoms with Crippen LogP contribution in [0.5, 0.6) is 0 Å². The average Bonchev–Trinajstić information content (AvgIpc) is 2.45. The summed E-state index contributed by atoms with van der Waals surface area (Å²) < 4.78 is 0. The van der Waals surface area contributed by atoms with Gasteiger partial charge in [0.25, 0.3) is 0 Å². The molecule has 0 aromatic carbocycles. The first kappa shape index (κ1) is 15.0. The molecule has 0 spiro atoms. The Morgan fingerprint density at radius 2 is 2.10 bits per heavy atom. The quantitative estimate of drug-likeness (QED) is 0.514. The Hall–Kier alpha value is -1.40. The molecule has 0 aliphatic heterocycles. The highest BCUT2D eigenvalue weighted by molar-refractivity contribution is 6.29. The molecule has 6 nitrogen and oxygen atoms in total. The minimum Gasteiger partial charge on any atom is -0.395 e. The normalized spacial score (nSPS) is 16.1. The zero-order valence-corrected chi connectivity index (χ0v) is 11.9. The first-order chi connectivity index (χ1) is 9.63. The Bertz CT molecular complexity index is 478. The minimum atomic E-state index is -0.453. The lowest BCUT2D eigenvalue weighted by Gasteiger charge is -2.34. The van der Waals surface area contributed by atoms with Gasteiger partial charge in [0.1, 0.15) is 5.15 Å². The van der Waals surface area contributed by atoms with Crippen molar-refractivity contribution in [3.63, 3.8) is 0 Å². The topological polar surface area (TPSA) is 79.5 Å². The molecular formula is C13H18ClN3O3. The van der Waals surface area contributed by atoms with Crippen LogP contribution in [0.25, 0.3) is 0 Å². The third kappa shape index (κ3) is 3.37. The maximum absolute atomic E-state index is 11.2. The molecule has 0 bridgehead atoms. The van der Waals surface area contributed by atoms with E-state index in [-0.39, 0.29) is 29.3 Å². The van der Waals surface area contributed by atoms with Gasteiger partial charge in [-0.15, -0.1) is 0 Å². The van der Waals surface area contributed by atoms with Crippen LogP contribution in [0.3, 0.4) is 0 Å². The van der Waals surface area contributed by atoms with Crippen LogP contribution >= 0.6 is 11.6 Å². The number of rotatable bonds is 5. The fraction of sp³-hybridized carbons (Fsp3) is 0.615. The number of anilines is 1. The Balaban J connectivity index is 2.36. The molecule has 7 heteroatoms. The van der Waals surface area contributed by atoms with Gasteiger partial charge >= 0.3 is 5.69 Å². The molecule has 0 saturated heterocycles. The predicted octanol–water partition coefficient (Wildman–Crippen LogP) is 2.77. The Labute approximate surface area is 122 Å². The molecule has 0 amide bonds. The van der Waals surface area contributed by atoms with Gasteiger partial charge in [-0.2, -0.15) is 0 Å². The highest BCUT2D eigenvalue weighted by atomic mass is 35.5. The van der Waals surface area contributed by atoms with Crippen molar-refractivity contribution in [3.8, 4) is 0 Å². The Morgan fingerprint density at radius 1 is 1.40 bits per heavy atom. The van der Waals surface area contributed by atoms with Gasteiger partial charge in [-0.3, -0.25) is 10.1 Å². The number of pyridine rings is 1. The van der Waals surface area contributed by atoms with Crippen molar-refractivity contribution >= 4 is 23.1 Å². The van der Waals surface area contributed by atoms with E-state index < -0.39 is 4.92 Å². The van der Waals surface area contributed by atoms with Gasteiger partial charge in [-0.1, -0.05) is 30.9 Å². The van der Waals surface area contributed by atoms with E-state index in [0.717, 1.165) is 25.7 Å². The van der Waals surface area contributed by atoms with Crippen molar-refractivity contribution in [2.75, 3.05) is 18.1 Å². The number of nitrogens with zero attached hydrogens (tertiary/aromatic N) is 3. The molecule has 0 unspecified atom stereocenters. The van der Waals surface area contributed by atoms with E-state index in [1.54, 1.807) is 0 Å². The van der Waals surface area contributed by atoms with E-state index in [9.17, 15) is 15.2 Å². The van der Waals surface area contributed by atoms with Crippen LogP contribution < -0.4 is 4.90 Å². The lowest BCUT2D eigenvalue weighted by atomic mass is 9.94. The summed E-state index contributed by atoms with van der Waals surface area (Å²) in [5.41, 5.74) is -0.0616. The summed E-state index contributed by atoms with van der Waals surface area (Å²) in [7, 11) is 0. The van der Waals surface area contributed by atoms with Crippen LogP contribution in [0.4, 0.5) is 11.5 Å². The summed E-state index contributed by atoms with van der Waals surface area (Å²) in [5, 5.41) is 20.6. The molecule has 1 aliphatic rings. The molecule has 0 atom stereocenters. The van der Waals surface area contributed by atoms with Crippen LogP contribution in [0, 0.1) is 10.1 Å². The summed E-state index contributed by atoms with van der Waals surface area (Å²) in [6.07, 6.45) is 5.31. The SMILES string of the molecule is O=[N+]([O-])c1ccc(Cl)nc1N(CCO)C1CCCCC1. The lowest BCUT2D eigenvalue weighted by molar-refractivity contribution is -0.384. The third-order valence-electron chi connectivity index (χ3n) is 3.65. The van der Waals surface area contributed by atoms with Crippen molar-refractivity contribution in [2.45, 2.75) is 38.1 Å². The molecule has 110 valence electrons. The summed E-state index contributed by atoms with van der Waals surface area (Å²) in [4.78, 5) is 16.7.